The SMILES string of the molecule is O=S(=O)(C1CC1)N1CCN(Cc2cccc(F)c2)CC1. The molecule has 2 fully saturated rings. The van der Waals surface area contributed by atoms with Crippen LogP contribution in [0.1, 0.15) is 18.4 Å². The summed E-state index contributed by atoms with van der Waals surface area (Å²) in [6.07, 6.45) is 1.62. The second kappa shape index (κ2) is 5.42. The maximum Gasteiger partial charge on any atom is 0.217 e. The molecule has 1 aliphatic carbocycles. The van der Waals surface area contributed by atoms with Crippen LogP contribution in [0.3, 0.4) is 0 Å². The highest BCUT2D eigenvalue weighted by Crippen LogP contribution is 2.31. The molecule has 3 rings (SSSR count). The summed E-state index contributed by atoms with van der Waals surface area (Å²) in [7, 11) is -3.05. The van der Waals surface area contributed by atoms with E-state index in [0.29, 0.717) is 32.7 Å². The molecule has 20 heavy (non-hydrogen) atoms. The van der Waals surface area contributed by atoms with E-state index in [0.717, 1.165) is 18.4 Å². The van der Waals surface area contributed by atoms with Crippen LogP contribution in [0.25, 0.3) is 0 Å². The van der Waals surface area contributed by atoms with Crippen LogP contribution in [0.2, 0.25) is 0 Å². The molecule has 1 aliphatic heterocycles. The van der Waals surface area contributed by atoms with Crippen molar-refractivity contribution in [2.75, 3.05) is 26.2 Å². The van der Waals surface area contributed by atoms with Gasteiger partial charge in [-0.25, -0.2) is 12.8 Å². The van der Waals surface area contributed by atoms with E-state index in [1.165, 1.54) is 12.1 Å². The first-order valence-electron chi connectivity index (χ1n) is 7.01. The Labute approximate surface area is 119 Å². The number of benzene rings is 1. The third-order valence-corrected chi connectivity index (χ3v) is 6.33. The van der Waals surface area contributed by atoms with Crippen molar-refractivity contribution in [3.63, 3.8) is 0 Å². The normalized spacial score (nSPS) is 22.1. The van der Waals surface area contributed by atoms with Crippen LogP contribution in [-0.4, -0.2) is 49.1 Å². The molecule has 0 bridgehead atoms. The lowest BCUT2D eigenvalue weighted by Gasteiger charge is -2.34. The van der Waals surface area contributed by atoms with E-state index < -0.39 is 10.0 Å². The fourth-order valence-electron chi connectivity index (χ4n) is 2.61. The molecule has 0 radical (unpaired) electrons. The molecule has 0 amide bonds. The predicted molar refractivity (Wildman–Crippen MR) is 75.2 cm³/mol. The molecule has 1 saturated carbocycles. The minimum Gasteiger partial charge on any atom is -0.296 e. The van der Waals surface area contributed by atoms with Gasteiger partial charge < -0.3 is 0 Å². The summed E-state index contributed by atoms with van der Waals surface area (Å²) in [5.74, 6) is -0.225. The highest BCUT2D eigenvalue weighted by molar-refractivity contribution is 7.90. The maximum atomic E-state index is 13.1. The maximum absolute atomic E-state index is 13.1. The molecule has 1 heterocycles. The minimum absolute atomic E-state index is 0.128. The second-order valence-electron chi connectivity index (χ2n) is 5.55. The first kappa shape index (κ1) is 14.0. The van der Waals surface area contributed by atoms with E-state index in [1.807, 2.05) is 6.07 Å². The van der Waals surface area contributed by atoms with Gasteiger partial charge in [0.1, 0.15) is 5.82 Å². The first-order chi connectivity index (χ1) is 9.55. The van der Waals surface area contributed by atoms with Crippen LogP contribution < -0.4 is 0 Å². The second-order valence-corrected chi connectivity index (χ2v) is 7.76. The molecular weight excluding hydrogens is 279 g/mol. The van der Waals surface area contributed by atoms with Crippen LogP contribution in [0.4, 0.5) is 4.39 Å². The van der Waals surface area contributed by atoms with Gasteiger partial charge in [-0.15, -0.1) is 0 Å². The van der Waals surface area contributed by atoms with Crippen LogP contribution in [0.5, 0.6) is 0 Å². The van der Waals surface area contributed by atoms with Crippen molar-refractivity contribution in [3.05, 3.63) is 35.6 Å². The molecule has 1 saturated heterocycles. The molecule has 0 atom stereocenters. The summed E-state index contributed by atoms with van der Waals surface area (Å²) < 4.78 is 39.0. The molecule has 0 spiro atoms. The third-order valence-electron chi connectivity index (χ3n) is 3.93. The van der Waals surface area contributed by atoms with Gasteiger partial charge in [-0.3, -0.25) is 4.90 Å². The summed E-state index contributed by atoms with van der Waals surface area (Å²) >= 11 is 0. The molecule has 4 nitrogen and oxygen atoms in total. The molecule has 2 aliphatic rings. The van der Waals surface area contributed by atoms with Crippen molar-refractivity contribution in [2.45, 2.75) is 24.6 Å². The van der Waals surface area contributed by atoms with Gasteiger partial charge in [-0.2, -0.15) is 4.31 Å². The molecule has 0 N–H and O–H groups in total. The van der Waals surface area contributed by atoms with Crippen LogP contribution in [0.15, 0.2) is 24.3 Å². The quantitative estimate of drug-likeness (QED) is 0.844. The Morgan fingerprint density at radius 2 is 1.85 bits per heavy atom. The van der Waals surface area contributed by atoms with Gasteiger partial charge in [-0.1, -0.05) is 12.1 Å². The summed E-state index contributed by atoms with van der Waals surface area (Å²) in [4.78, 5) is 2.17. The van der Waals surface area contributed by atoms with E-state index in [-0.39, 0.29) is 11.1 Å². The zero-order valence-electron chi connectivity index (χ0n) is 11.3. The fraction of sp³-hybridized carbons (Fsp3) is 0.571. The smallest absolute Gasteiger partial charge is 0.217 e. The number of hydrogen-bond acceptors (Lipinski definition) is 3. The van der Waals surface area contributed by atoms with E-state index in [1.54, 1.807) is 10.4 Å². The first-order valence-corrected chi connectivity index (χ1v) is 8.52. The van der Waals surface area contributed by atoms with Gasteiger partial charge >= 0.3 is 0 Å². The van der Waals surface area contributed by atoms with E-state index in [2.05, 4.69) is 4.90 Å². The van der Waals surface area contributed by atoms with E-state index in [4.69, 9.17) is 0 Å². The molecular formula is C14H19FN2O2S. The topological polar surface area (TPSA) is 40.6 Å². The van der Waals surface area contributed by atoms with Crippen LogP contribution in [0, 0.1) is 5.82 Å². The number of rotatable bonds is 4. The highest BCUT2D eigenvalue weighted by Gasteiger charge is 2.40. The Morgan fingerprint density at radius 3 is 2.45 bits per heavy atom. The number of hydrogen-bond donors (Lipinski definition) is 0. The predicted octanol–water partition coefficient (Wildman–Crippen LogP) is 1.44. The molecule has 0 aromatic heterocycles. The number of piperazine rings is 1. The lowest BCUT2D eigenvalue weighted by molar-refractivity contribution is 0.181. The van der Waals surface area contributed by atoms with Gasteiger partial charge in [-0.05, 0) is 30.5 Å². The monoisotopic (exact) mass is 298 g/mol. The lowest BCUT2D eigenvalue weighted by atomic mass is 10.2. The highest BCUT2D eigenvalue weighted by atomic mass is 32.2. The molecule has 0 unspecified atom stereocenters. The summed E-state index contributed by atoms with van der Waals surface area (Å²) in [6, 6.07) is 6.58. The zero-order valence-corrected chi connectivity index (χ0v) is 12.2. The number of halogens is 1. The fourth-order valence-corrected chi connectivity index (χ4v) is 4.44. The largest absolute Gasteiger partial charge is 0.296 e. The average Bonchev–Trinajstić information content (AvgIpc) is 3.24. The van der Waals surface area contributed by atoms with Gasteiger partial charge in [0, 0.05) is 32.7 Å². The van der Waals surface area contributed by atoms with Crippen LogP contribution >= 0.6 is 0 Å². The van der Waals surface area contributed by atoms with Gasteiger partial charge in [0.15, 0.2) is 0 Å². The van der Waals surface area contributed by atoms with Crippen molar-refractivity contribution >= 4 is 10.0 Å². The van der Waals surface area contributed by atoms with Crippen molar-refractivity contribution in [3.8, 4) is 0 Å². The molecule has 1 aromatic carbocycles. The van der Waals surface area contributed by atoms with Crippen molar-refractivity contribution in [1.29, 1.82) is 0 Å². The Balaban J connectivity index is 1.56. The van der Waals surface area contributed by atoms with Gasteiger partial charge in [0.05, 0.1) is 5.25 Å². The molecule has 6 heteroatoms. The van der Waals surface area contributed by atoms with Crippen molar-refractivity contribution in [2.24, 2.45) is 0 Å². The minimum atomic E-state index is -3.05. The van der Waals surface area contributed by atoms with Crippen molar-refractivity contribution in [1.82, 2.24) is 9.21 Å². The Morgan fingerprint density at radius 1 is 1.15 bits per heavy atom. The van der Waals surface area contributed by atoms with Crippen molar-refractivity contribution < 1.29 is 12.8 Å². The van der Waals surface area contributed by atoms with Gasteiger partial charge in [0.2, 0.25) is 10.0 Å². The lowest BCUT2D eigenvalue weighted by Crippen LogP contribution is -2.49. The molecule has 110 valence electrons. The Bertz CT molecular complexity index is 579. The summed E-state index contributed by atoms with van der Waals surface area (Å²) in [6.45, 7) is 3.20. The van der Waals surface area contributed by atoms with E-state index >= 15 is 0 Å². The number of nitrogens with zero attached hydrogens (tertiary/aromatic N) is 2. The average molecular weight is 298 g/mol. The zero-order chi connectivity index (χ0) is 14.2. The Hall–Kier alpha value is -0.980. The van der Waals surface area contributed by atoms with E-state index in [9.17, 15) is 12.8 Å². The van der Waals surface area contributed by atoms with Crippen LogP contribution in [-0.2, 0) is 16.6 Å². The summed E-state index contributed by atoms with van der Waals surface area (Å²) in [5, 5.41) is -0.128. The Kier molecular flexibility index (Phi) is 3.79. The third kappa shape index (κ3) is 3.02. The standard InChI is InChI=1S/C14H19FN2O2S/c15-13-3-1-2-12(10-13)11-16-6-8-17(9-7-16)20(18,19)14-4-5-14/h1-3,10,14H,4-9,11H2. The molecule has 1 aromatic rings. The number of sulfonamides is 1. The van der Waals surface area contributed by atoms with Gasteiger partial charge in [0.25, 0.3) is 0 Å². The summed E-state index contributed by atoms with van der Waals surface area (Å²) in [5.41, 5.74) is 0.934.